The van der Waals surface area contributed by atoms with Crippen LogP contribution >= 0.6 is 0 Å². The number of para-hydroxylation sites is 2. The van der Waals surface area contributed by atoms with Gasteiger partial charge < -0.3 is 15.0 Å². The van der Waals surface area contributed by atoms with Crippen molar-refractivity contribution in [2.24, 2.45) is 0 Å². The van der Waals surface area contributed by atoms with Crippen LogP contribution in [-0.2, 0) is 4.74 Å². The number of nitrogens with zero attached hydrogens (tertiary/aromatic N) is 6. The molecule has 2 aliphatic rings. The minimum atomic E-state index is 0.376. The number of hydrogen-bond donors (Lipinski definition) is 1. The summed E-state index contributed by atoms with van der Waals surface area (Å²) in [6, 6.07) is 12.6. The normalized spacial score (nSPS) is 20.9. The number of hydrogen-bond acceptors (Lipinski definition) is 7. The molecule has 176 valence electrons. The zero-order valence-corrected chi connectivity index (χ0v) is 19.9. The van der Waals surface area contributed by atoms with Gasteiger partial charge in [-0.3, -0.25) is 0 Å². The lowest BCUT2D eigenvalue weighted by atomic mass is 9.93. The third-order valence-corrected chi connectivity index (χ3v) is 7.19. The Morgan fingerprint density at radius 3 is 2.41 bits per heavy atom. The fourth-order valence-electron chi connectivity index (χ4n) is 5.27. The van der Waals surface area contributed by atoms with E-state index in [2.05, 4.69) is 16.3 Å². The molecule has 0 spiro atoms. The van der Waals surface area contributed by atoms with Gasteiger partial charge in [-0.15, -0.1) is 0 Å². The van der Waals surface area contributed by atoms with Crippen LogP contribution in [0.25, 0.3) is 28.1 Å². The summed E-state index contributed by atoms with van der Waals surface area (Å²) in [6.45, 7) is 4.10. The minimum Gasteiger partial charge on any atom is -0.381 e. The number of aryl methyl sites for hydroxylation is 1. The zero-order valence-electron chi connectivity index (χ0n) is 19.9. The molecule has 8 heteroatoms. The van der Waals surface area contributed by atoms with E-state index in [1.807, 2.05) is 48.9 Å². The van der Waals surface area contributed by atoms with E-state index in [9.17, 15) is 0 Å². The molecule has 6 rings (SSSR count). The number of fused-ring (bicyclic) bond motifs is 2. The van der Waals surface area contributed by atoms with Crippen LogP contribution in [0.5, 0.6) is 0 Å². The van der Waals surface area contributed by atoms with E-state index in [0.717, 1.165) is 84.2 Å². The molecule has 1 saturated heterocycles. The highest BCUT2D eigenvalue weighted by atomic mass is 16.5. The first-order chi connectivity index (χ1) is 16.7. The molecule has 0 bridgehead atoms. The van der Waals surface area contributed by atoms with Crippen molar-refractivity contribution in [1.82, 2.24) is 24.6 Å². The molecule has 1 aliphatic carbocycles. The maximum atomic E-state index is 5.57. The SMILES string of the molecule is CO[C@H]1CC[C@H](Nc2cc(N3CCCC3)nc3cc(-c4nc5ccccc5nc4C)nn23)CC1. The molecule has 1 N–H and O–H groups in total. The smallest absolute Gasteiger partial charge is 0.160 e. The van der Waals surface area contributed by atoms with Crippen molar-refractivity contribution in [1.29, 1.82) is 0 Å². The highest BCUT2D eigenvalue weighted by Gasteiger charge is 2.24. The lowest BCUT2D eigenvalue weighted by molar-refractivity contribution is 0.0681. The van der Waals surface area contributed by atoms with Gasteiger partial charge in [-0.2, -0.15) is 9.61 Å². The van der Waals surface area contributed by atoms with Crippen molar-refractivity contribution < 1.29 is 4.74 Å². The van der Waals surface area contributed by atoms with Crippen LogP contribution in [0.1, 0.15) is 44.2 Å². The summed E-state index contributed by atoms with van der Waals surface area (Å²) in [4.78, 5) is 17.0. The van der Waals surface area contributed by atoms with Crippen molar-refractivity contribution in [2.75, 3.05) is 30.4 Å². The maximum absolute atomic E-state index is 5.57. The van der Waals surface area contributed by atoms with E-state index in [0.29, 0.717) is 12.1 Å². The lowest BCUT2D eigenvalue weighted by Crippen LogP contribution is -2.30. The second kappa shape index (κ2) is 8.83. The second-order valence-corrected chi connectivity index (χ2v) is 9.49. The van der Waals surface area contributed by atoms with Crippen LogP contribution < -0.4 is 10.2 Å². The van der Waals surface area contributed by atoms with Crippen molar-refractivity contribution in [3.05, 3.63) is 42.1 Å². The Kier molecular flexibility index (Phi) is 5.53. The van der Waals surface area contributed by atoms with Gasteiger partial charge >= 0.3 is 0 Å². The van der Waals surface area contributed by atoms with Gasteiger partial charge in [-0.1, -0.05) is 12.1 Å². The van der Waals surface area contributed by atoms with Crippen molar-refractivity contribution >= 4 is 28.3 Å². The van der Waals surface area contributed by atoms with Gasteiger partial charge in [0.25, 0.3) is 0 Å². The molecular weight excluding hydrogens is 426 g/mol. The Hall–Kier alpha value is -3.26. The molecule has 0 atom stereocenters. The van der Waals surface area contributed by atoms with Crippen LogP contribution in [0.15, 0.2) is 36.4 Å². The zero-order chi connectivity index (χ0) is 23.1. The van der Waals surface area contributed by atoms with Crippen molar-refractivity contribution in [3.8, 4) is 11.4 Å². The van der Waals surface area contributed by atoms with E-state index in [1.54, 1.807) is 0 Å². The summed E-state index contributed by atoms with van der Waals surface area (Å²) in [5.41, 5.74) is 5.08. The fraction of sp³-hybridized carbons (Fsp3) is 0.462. The van der Waals surface area contributed by atoms with E-state index < -0.39 is 0 Å². The summed E-state index contributed by atoms with van der Waals surface area (Å²) in [7, 11) is 1.82. The number of ether oxygens (including phenoxy) is 1. The Morgan fingerprint density at radius 2 is 1.68 bits per heavy atom. The van der Waals surface area contributed by atoms with Gasteiger partial charge in [0, 0.05) is 38.4 Å². The largest absolute Gasteiger partial charge is 0.381 e. The minimum absolute atomic E-state index is 0.376. The Bertz CT molecular complexity index is 1320. The Morgan fingerprint density at radius 1 is 0.941 bits per heavy atom. The van der Waals surface area contributed by atoms with Crippen molar-refractivity contribution in [3.63, 3.8) is 0 Å². The first-order valence-corrected chi connectivity index (χ1v) is 12.4. The van der Waals surface area contributed by atoms with Gasteiger partial charge in [0.1, 0.15) is 23.0 Å². The summed E-state index contributed by atoms with van der Waals surface area (Å²) in [5.74, 6) is 2.01. The number of methoxy groups -OCH3 is 1. The first kappa shape index (κ1) is 21.3. The predicted octanol–water partition coefficient (Wildman–Crippen LogP) is 4.62. The van der Waals surface area contributed by atoms with E-state index in [1.165, 1.54) is 12.8 Å². The van der Waals surface area contributed by atoms with Crippen LogP contribution in [0.4, 0.5) is 11.6 Å². The average Bonchev–Trinajstić information content (AvgIpc) is 3.54. The summed E-state index contributed by atoms with van der Waals surface area (Å²) >= 11 is 0. The molecule has 8 nitrogen and oxygen atoms in total. The average molecular weight is 458 g/mol. The molecule has 0 radical (unpaired) electrons. The van der Waals surface area contributed by atoms with Gasteiger partial charge in [0.15, 0.2) is 5.65 Å². The third kappa shape index (κ3) is 3.96. The van der Waals surface area contributed by atoms with Gasteiger partial charge in [0.05, 0.1) is 22.8 Å². The van der Waals surface area contributed by atoms with E-state index >= 15 is 0 Å². The quantitative estimate of drug-likeness (QED) is 0.468. The first-order valence-electron chi connectivity index (χ1n) is 12.4. The molecule has 4 aromatic rings. The molecule has 34 heavy (non-hydrogen) atoms. The fourth-order valence-corrected chi connectivity index (χ4v) is 5.27. The molecule has 1 aromatic carbocycles. The number of benzene rings is 1. The summed E-state index contributed by atoms with van der Waals surface area (Å²) in [5, 5.41) is 8.74. The lowest BCUT2D eigenvalue weighted by Gasteiger charge is -2.29. The number of nitrogens with one attached hydrogen (secondary N) is 1. The van der Waals surface area contributed by atoms with Crippen LogP contribution in [-0.4, -0.2) is 56.9 Å². The second-order valence-electron chi connectivity index (χ2n) is 9.49. The number of rotatable bonds is 5. The standard InChI is InChI=1S/C26H31N7O/c1-17-26(29-21-8-4-3-7-20(21)27-17)22-15-24-30-23(32-13-5-6-14-32)16-25(33(24)31-22)28-18-9-11-19(34-2)12-10-18/h3-4,7-8,15-16,18-19,28H,5-6,9-14H2,1-2H3/t18-,19-. The monoisotopic (exact) mass is 457 g/mol. The third-order valence-electron chi connectivity index (χ3n) is 7.19. The molecule has 1 saturated carbocycles. The molecule has 1 aliphatic heterocycles. The van der Waals surface area contributed by atoms with Gasteiger partial charge in [0.2, 0.25) is 0 Å². The van der Waals surface area contributed by atoms with E-state index in [4.69, 9.17) is 24.8 Å². The molecule has 3 aromatic heterocycles. The highest BCUT2D eigenvalue weighted by molar-refractivity contribution is 5.78. The van der Waals surface area contributed by atoms with Crippen LogP contribution in [0.3, 0.4) is 0 Å². The van der Waals surface area contributed by atoms with Gasteiger partial charge in [-0.05, 0) is 57.6 Å². The summed E-state index contributed by atoms with van der Waals surface area (Å²) in [6.07, 6.45) is 7.14. The van der Waals surface area contributed by atoms with Crippen molar-refractivity contribution in [2.45, 2.75) is 57.6 Å². The maximum Gasteiger partial charge on any atom is 0.160 e. The topological polar surface area (TPSA) is 80.5 Å². The molecule has 0 amide bonds. The molecule has 0 unspecified atom stereocenters. The van der Waals surface area contributed by atoms with Crippen LogP contribution in [0, 0.1) is 6.92 Å². The highest BCUT2D eigenvalue weighted by Crippen LogP contribution is 2.30. The van der Waals surface area contributed by atoms with Crippen LogP contribution in [0.2, 0.25) is 0 Å². The molecular formula is C26H31N7O. The Balaban J connectivity index is 1.41. The molecule has 2 fully saturated rings. The summed E-state index contributed by atoms with van der Waals surface area (Å²) < 4.78 is 7.50. The van der Waals surface area contributed by atoms with E-state index in [-0.39, 0.29) is 0 Å². The van der Waals surface area contributed by atoms with Gasteiger partial charge in [-0.25, -0.2) is 15.0 Å². The number of aromatic nitrogens is 5. The number of anilines is 2. The predicted molar refractivity (Wildman–Crippen MR) is 134 cm³/mol. The Labute approximate surface area is 199 Å². The molecule has 4 heterocycles.